The number of rotatable bonds is 6. The minimum Gasteiger partial charge on any atom is -0.458 e. The van der Waals surface area contributed by atoms with Crippen molar-refractivity contribution in [2.75, 3.05) is 14.7 Å². The topological polar surface area (TPSA) is 37.4 Å². The van der Waals surface area contributed by atoms with E-state index in [1.807, 2.05) is 0 Å². The molecule has 0 amide bonds. The number of nitrogens with zero attached hydrogens (tertiary/aromatic N) is 3. The molecule has 16 aromatic rings. The second-order valence-corrected chi connectivity index (χ2v) is 28.9. The molecule has 0 spiro atoms. The molecule has 9 heteroatoms. The van der Waals surface area contributed by atoms with Crippen LogP contribution in [0, 0.1) is 27.7 Å². The zero-order valence-corrected chi connectivity index (χ0v) is 59.8. The zero-order valence-electron chi connectivity index (χ0n) is 59.8. The van der Waals surface area contributed by atoms with Crippen molar-refractivity contribution >= 4 is 131 Å². The smallest absolute Gasteiger partial charge is 0.256 e. The molecule has 6 aliphatic heterocycles. The van der Waals surface area contributed by atoms with Crippen LogP contribution in [-0.4, -0.2) is 20.1 Å². The quantitative estimate of drug-likeness (QED) is 0.155. The Labute approximate surface area is 625 Å². The van der Waals surface area contributed by atoms with Gasteiger partial charge in [0, 0.05) is 51.2 Å². The maximum atomic E-state index is 6.61. The van der Waals surface area contributed by atoms with Gasteiger partial charge in [-0.3, -0.25) is 0 Å². The molecule has 0 saturated carbocycles. The number of hydrogen-bond acceptors (Lipinski definition) is 6. The minimum absolute atomic E-state index is 0.103. The molecule has 22 rings (SSSR count). The summed E-state index contributed by atoms with van der Waals surface area (Å²) >= 11 is 0. The van der Waals surface area contributed by atoms with Crippen molar-refractivity contribution in [3.05, 3.63) is 374 Å². The lowest BCUT2D eigenvalue weighted by Gasteiger charge is -2.40. The van der Waals surface area contributed by atoms with Gasteiger partial charge in [-0.25, -0.2) is 0 Å². The second kappa shape index (κ2) is 25.9. The molecule has 107 heavy (non-hydrogen) atoms. The highest BCUT2D eigenvalue weighted by Crippen LogP contribution is 2.46. The number of aryl methyl sites for hydroxylation is 4. The number of hydrogen-bond donors (Lipinski definition) is 0. The van der Waals surface area contributed by atoms with Gasteiger partial charge in [-0.2, -0.15) is 0 Å². The molecule has 0 radical (unpaired) electrons. The zero-order chi connectivity index (χ0) is 71.4. The third-order valence-electron chi connectivity index (χ3n) is 22.2. The van der Waals surface area contributed by atoms with Crippen LogP contribution in [0.2, 0.25) is 0 Å². The lowest BCUT2D eigenvalue weighted by molar-refractivity contribution is 0.487. The molecular weight excluding hydrogens is 1300 g/mol. The van der Waals surface area contributed by atoms with Crippen molar-refractivity contribution in [2.45, 2.75) is 27.7 Å². The van der Waals surface area contributed by atoms with Gasteiger partial charge in [0.15, 0.2) is 0 Å². The molecule has 0 unspecified atom stereocenters. The van der Waals surface area contributed by atoms with Crippen molar-refractivity contribution < 1.29 is 14.2 Å². The third kappa shape index (κ3) is 10.9. The Balaban J connectivity index is 0.000000106. The van der Waals surface area contributed by atoms with Crippen LogP contribution in [0.3, 0.4) is 0 Å². The number of para-hydroxylation sites is 2. The lowest BCUT2D eigenvalue weighted by atomic mass is 9.34. The summed E-state index contributed by atoms with van der Waals surface area (Å²) in [6, 6.07) is 126. The summed E-state index contributed by atoms with van der Waals surface area (Å²) in [5.41, 5.74) is 34.3. The van der Waals surface area contributed by atoms with Gasteiger partial charge in [-0.15, -0.1) is 0 Å². The predicted octanol–water partition coefficient (Wildman–Crippen LogP) is 19.7. The van der Waals surface area contributed by atoms with E-state index in [4.69, 9.17) is 14.2 Å². The molecule has 504 valence electrons. The molecule has 16 aromatic carbocycles. The molecule has 0 N–H and O–H groups in total. The average Bonchev–Trinajstić information content (AvgIpc) is 0.724. The van der Waals surface area contributed by atoms with Crippen LogP contribution in [0.1, 0.15) is 22.3 Å². The summed E-state index contributed by atoms with van der Waals surface area (Å²) < 4.78 is 19.7. The molecule has 6 heterocycles. The maximum absolute atomic E-state index is 6.61. The van der Waals surface area contributed by atoms with Crippen LogP contribution < -0.4 is 78.1 Å². The van der Waals surface area contributed by atoms with E-state index in [-0.39, 0.29) is 20.1 Å². The van der Waals surface area contributed by atoms with Crippen molar-refractivity contribution in [3.8, 4) is 67.9 Å². The van der Waals surface area contributed by atoms with Crippen LogP contribution in [0.5, 0.6) is 34.5 Å². The maximum Gasteiger partial charge on any atom is 0.256 e. The normalized spacial score (nSPS) is 13.0. The summed E-state index contributed by atoms with van der Waals surface area (Å²) in [5.74, 6) is 5.63. The van der Waals surface area contributed by atoms with Gasteiger partial charge in [-0.1, -0.05) is 259 Å². The molecule has 0 atom stereocenters. The van der Waals surface area contributed by atoms with Crippen LogP contribution in [0.4, 0.5) is 51.2 Å². The fourth-order valence-corrected chi connectivity index (χ4v) is 17.2. The fourth-order valence-electron chi connectivity index (χ4n) is 17.2. The van der Waals surface area contributed by atoms with E-state index in [0.717, 1.165) is 51.6 Å². The number of benzene rings is 16. The third-order valence-corrected chi connectivity index (χ3v) is 22.2. The van der Waals surface area contributed by atoms with Gasteiger partial charge < -0.3 is 28.9 Å². The standard InChI is InChI=1S/C34H22BNO.2C32H24BNO/c1-2-11-27(12-3-1)36-30-14-7-6-13-28(30)35-29-22-26(25-18-17-23-9-4-5-10-24(23)21-25)19-20-32(29)37-33-16-8-15-31(36)34(33)35;1-21-11-15-25(16-12-21)34-28-18-13-22(2)19-27(28)33-26-17-14-24(23-7-4-3-5-8-23)20-31(26)35-30-10-6-9-29(34)32(30)33;1-21-11-15-25(16-12-21)34-28-17-13-22(2)19-26(28)33-27-20-24(23-7-4-3-5-8-23)14-18-30(27)35-31-10-6-9-29(34)32(31)33/h1-22H;2*3-20H,1-2H3. The Morgan fingerprint density at radius 3 is 1.10 bits per heavy atom. The Morgan fingerprint density at radius 2 is 0.570 bits per heavy atom. The van der Waals surface area contributed by atoms with Gasteiger partial charge >= 0.3 is 0 Å². The predicted molar refractivity (Wildman–Crippen MR) is 450 cm³/mol. The Bertz CT molecular complexity index is 6210. The van der Waals surface area contributed by atoms with Crippen LogP contribution in [0.25, 0.3) is 44.2 Å². The fraction of sp³-hybridized carbons (Fsp3) is 0.0408. The van der Waals surface area contributed by atoms with Crippen LogP contribution in [-0.2, 0) is 0 Å². The SMILES string of the molecule is Cc1ccc(N2c3ccc(C)cc3B3c4cc(-c5ccccc5)ccc4Oc4cccc2c43)cc1.Cc1ccc(N2c3ccc(C)cc3B3c4ccc(-c5ccccc5)cc4Oc4cccc2c43)cc1.c1ccc(N2c3ccccc3B3c4cc(-c5ccc6ccccc6c5)ccc4Oc4cccc2c43)cc1. The molecule has 0 bridgehead atoms. The van der Waals surface area contributed by atoms with Crippen LogP contribution in [0.15, 0.2) is 352 Å². The van der Waals surface area contributed by atoms with Crippen molar-refractivity contribution in [1.29, 1.82) is 0 Å². The Hall–Kier alpha value is -13.2. The van der Waals surface area contributed by atoms with Crippen LogP contribution >= 0.6 is 0 Å². The van der Waals surface area contributed by atoms with Crippen molar-refractivity contribution in [2.24, 2.45) is 0 Å². The van der Waals surface area contributed by atoms with Gasteiger partial charge in [0.25, 0.3) is 20.1 Å². The lowest BCUT2D eigenvalue weighted by Crippen LogP contribution is -2.59. The second-order valence-electron chi connectivity index (χ2n) is 28.9. The van der Waals surface area contributed by atoms with Gasteiger partial charge in [0.1, 0.15) is 34.5 Å². The first-order chi connectivity index (χ1) is 52.7. The highest BCUT2D eigenvalue weighted by atomic mass is 16.5. The Morgan fingerprint density at radius 1 is 0.196 bits per heavy atom. The minimum atomic E-state index is 0.103. The molecule has 0 aliphatic carbocycles. The molecule has 0 aromatic heterocycles. The van der Waals surface area contributed by atoms with E-state index in [1.165, 1.54) is 150 Å². The van der Waals surface area contributed by atoms with E-state index in [9.17, 15) is 0 Å². The molecular formula is C98H70B3N3O3. The first-order valence-electron chi connectivity index (χ1n) is 37.0. The van der Waals surface area contributed by atoms with Gasteiger partial charge in [-0.05, 0) is 236 Å². The molecule has 0 fully saturated rings. The highest BCUT2D eigenvalue weighted by molar-refractivity contribution is 7.01. The van der Waals surface area contributed by atoms with Gasteiger partial charge in [0.2, 0.25) is 0 Å². The molecule has 6 aliphatic rings. The molecule has 0 saturated heterocycles. The molecule has 6 nitrogen and oxygen atoms in total. The van der Waals surface area contributed by atoms with Gasteiger partial charge in [0.05, 0.1) is 0 Å². The summed E-state index contributed by atoms with van der Waals surface area (Å²) in [6.45, 7) is 8.97. The van der Waals surface area contributed by atoms with E-state index >= 15 is 0 Å². The summed E-state index contributed by atoms with van der Waals surface area (Å²) in [6.07, 6.45) is 0. The van der Waals surface area contributed by atoms with E-state index in [0.29, 0.717) is 0 Å². The average molecular weight is 1370 g/mol. The summed E-state index contributed by atoms with van der Waals surface area (Å²) in [7, 11) is 0. The van der Waals surface area contributed by atoms with E-state index in [1.54, 1.807) is 0 Å². The largest absolute Gasteiger partial charge is 0.458 e. The number of fused-ring (bicyclic) bond motifs is 13. The first-order valence-corrected chi connectivity index (χ1v) is 37.0. The van der Waals surface area contributed by atoms with Crippen molar-refractivity contribution in [3.63, 3.8) is 0 Å². The number of anilines is 9. The summed E-state index contributed by atoms with van der Waals surface area (Å²) in [5, 5.41) is 2.51. The van der Waals surface area contributed by atoms with E-state index in [2.05, 4.69) is 394 Å². The summed E-state index contributed by atoms with van der Waals surface area (Å²) in [4.78, 5) is 7.14. The first kappa shape index (κ1) is 63.5. The monoisotopic (exact) mass is 1370 g/mol. The van der Waals surface area contributed by atoms with E-state index < -0.39 is 0 Å². The number of ether oxygens (including phenoxy) is 3. The Kier molecular flexibility index (Phi) is 15.3. The highest BCUT2D eigenvalue weighted by Gasteiger charge is 2.45. The van der Waals surface area contributed by atoms with Crippen molar-refractivity contribution in [1.82, 2.24) is 0 Å².